The molecule has 7 heteroatoms. The number of carbonyl (C=O) groups is 1. The molecule has 0 bridgehead atoms. The minimum atomic E-state index is -0.239. The zero-order valence-corrected chi connectivity index (χ0v) is 18.3. The van der Waals surface area contributed by atoms with Gasteiger partial charge in [0.25, 0.3) is 5.56 Å². The lowest BCUT2D eigenvalue weighted by molar-refractivity contribution is -0.134. The van der Waals surface area contributed by atoms with Crippen molar-refractivity contribution in [2.24, 2.45) is 11.8 Å². The van der Waals surface area contributed by atoms with Crippen molar-refractivity contribution in [1.82, 2.24) is 14.7 Å². The van der Waals surface area contributed by atoms with Crippen molar-refractivity contribution in [1.29, 1.82) is 0 Å². The lowest BCUT2D eigenvalue weighted by Gasteiger charge is -2.35. The molecule has 162 valence electrons. The van der Waals surface area contributed by atoms with E-state index in [9.17, 15) is 9.59 Å². The minimum absolute atomic E-state index is 0.158. The van der Waals surface area contributed by atoms with Gasteiger partial charge in [0.15, 0.2) is 5.75 Å². The molecule has 0 unspecified atom stereocenters. The van der Waals surface area contributed by atoms with E-state index in [0.29, 0.717) is 42.7 Å². The van der Waals surface area contributed by atoms with Gasteiger partial charge in [0, 0.05) is 37.7 Å². The molecule has 30 heavy (non-hydrogen) atoms. The van der Waals surface area contributed by atoms with Crippen molar-refractivity contribution in [2.45, 2.75) is 39.7 Å². The van der Waals surface area contributed by atoms with E-state index >= 15 is 0 Å². The van der Waals surface area contributed by atoms with Gasteiger partial charge in [-0.05, 0) is 48.9 Å². The number of piperidine rings is 1. The Bertz CT molecular complexity index is 913. The second-order valence-electron chi connectivity index (χ2n) is 8.20. The Morgan fingerprint density at radius 1 is 1.10 bits per heavy atom. The molecule has 2 aromatic rings. The van der Waals surface area contributed by atoms with E-state index in [2.05, 4.69) is 18.9 Å². The molecule has 1 fully saturated rings. The van der Waals surface area contributed by atoms with E-state index in [1.165, 1.54) is 24.3 Å². The van der Waals surface area contributed by atoms with Crippen molar-refractivity contribution >= 4 is 5.91 Å². The summed E-state index contributed by atoms with van der Waals surface area (Å²) in [6.45, 7) is 6.42. The Morgan fingerprint density at radius 3 is 2.37 bits per heavy atom. The number of hydrogen-bond donors (Lipinski definition) is 0. The van der Waals surface area contributed by atoms with Crippen LogP contribution in [0.4, 0.5) is 0 Å². The zero-order chi connectivity index (χ0) is 21.7. The first kappa shape index (κ1) is 21.9. The number of rotatable bonds is 7. The standard InChI is InChI=1S/C23H31N3O4/c1-16-12-17(2)15-25(14-16)21(27)6-5-11-26-22(28)13-20(30-4)23(24-26)18-7-9-19(29-3)10-8-18/h7-10,13,16-17H,5-6,11-12,14-15H2,1-4H3/t16-,17-/m0/s1. The molecule has 0 radical (unpaired) electrons. The van der Waals surface area contributed by atoms with Crippen molar-refractivity contribution < 1.29 is 14.3 Å². The first-order chi connectivity index (χ1) is 14.4. The van der Waals surface area contributed by atoms with Crippen LogP contribution in [0, 0.1) is 11.8 Å². The molecule has 1 aliphatic heterocycles. The van der Waals surface area contributed by atoms with Gasteiger partial charge >= 0.3 is 0 Å². The number of carbonyl (C=O) groups excluding carboxylic acids is 1. The largest absolute Gasteiger partial charge is 0.497 e. The van der Waals surface area contributed by atoms with Crippen LogP contribution in [0.15, 0.2) is 35.1 Å². The maximum absolute atomic E-state index is 12.6. The van der Waals surface area contributed by atoms with Gasteiger partial charge in [0.2, 0.25) is 5.91 Å². The van der Waals surface area contributed by atoms with Crippen LogP contribution in [-0.4, -0.2) is 47.9 Å². The summed E-state index contributed by atoms with van der Waals surface area (Å²) in [6, 6.07) is 8.88. The average Bonchev–Trinajstić information content (AvgIpc) is 2.73. The predicted molar refractivity (Wildman–Crippen MR) is 116 cm³/mol. The molecule has 0 N–H and O–H groups in total. The molecule has 1 aromatic carbocycles. The zero-order valence-electron chi connectivity index (χ0n) is 18.3. The molecule has 1 saturated heterocycles. The summed E-state index contributed by atoms with van der Waals surface area (Å²) < 4.78 is 12.0. The van der Waals surface area contributed by atoms with E-state index in [1.807, 2.05) is 29.2 Å². The fourth-order valence-electron chi connectivity index (χ4n) is 4.14. The maximum atomic E-state index is 12.6. The highest BCUT2D eigenvalue weighted by atomic mass is 16.5. The molecule has 1 aliphatic rings. The molecule has 0 saturated carbocycles. The van der Waals surface area contributed by atoms with Gasteiger partial charge in [-0.15, -0.1) is 0 Å². The first-order valence-electron chi connectivity index (χ1n) is 10.5. The lowest BCUT2D eigenvalue weighted by Crippen LogP contribution is -2.42. The number of aromatic nitrogens is 2. The third-order valence-electron chi connectivity index (χ3n) is 5.53. The summed E-state index contributed by atoms with van der Waals surface area (Å²) in [6.07, 6.45) is 2.15. The fourth-order valence-corrected chi connectivity index (χ4v) is 4.14. The Labute approximate surface area is 177 Å². The normalized spacial score (nSPS) is 18.9. The average molecular weight is 414 g/mol. The van der Waals surface area contributed by atoms with Crippen molar-refractivity contribution in [2.75, 3.05) is 27.3 Å². The van der Waals surface area contributed by atoms with E-state index in [-0.39, 0.29) is 11.5 Å². The Morgan fingerprint density at radius 2 is 1.77 bits per heavy atom. The van der Waals surface area contributed by atoms with Gasteiger partial charge in [0.05, 0.1) is 14.2 Å². The first-order valence-corrected chi connectivity index (χ1v) is 10.5. The third kappa shape index (κ3) is 5.20. The number of methoxy groups -OCH3 is 2. The Balaban J connectivity index is 1.70. The summed E-state index contributed by atoms with van der Waals surface area (Å²) in [5.74, 6) is 2.40. The monoisotopic (exact) mass is 413 g/mol. The molecule has 0 aliphatic carbocycles. The van der Waals surface area contributed by atoms with Gasteiger partial charge in [-0.3, -0.25) is 9.59 Å². The fraction of sp³-hybridized carbons (Fsp3) is 0.522. The maximum Gasteiger partial charge on any atom is 0.270 e. The number of amides is 1. The van der Waals surface area contributed by atoms with Gasteiger partial charge in [-0.25, -0.2) is 4.68 Å². The van der Waals surface area contributed by atoms with Gasteiger partial charge in [-0.1, -0.05) is 13.8 Å². The topological polar surface area (TPSA) is 73.7 Å². The number of benzene rings is 1. The number of likely N-dealkylation sites (tertiary alicyclic amines) is 1. The van der Waals surface area contributed by atoms with Crippen molar-refractivity contribution in [3.8, 4) is 22.8 Å². The van der Waals surface area contributed by atoms with Crippen LogP contribution in [0.5, 0.6) is 11.5 Å². The number of hydrogen-bond acceptors (Lipinski definition) is 5. The van der Waals surface area contributed by atoms with Gasteiger partial charge < -0.3 is 14.4 Å². The Kier molecular flexibility index (Phi) is 7.13. The molecule has 3 rings (SSSR count). The van der Waals surface area contributed by atoms with Gasteiger partial charge in [0.1, 0.15) is 11.4 Å². The van der Waals surface area contributed by atoms with E-state index < -0.39 is 0 Å². The second-order valence-corrected chi connectivity index (χ2v) is 8.20. The van der Waals surface area contributed by atoms with Crippen LogP contribution in [0.3, 0.4) is 0 Å². The van der Waals surface area contributed by atoms with Crippen LogP contribution in [-0.2, 0) is 11.3 Å². The molecule has 1 amide bonds. The number of nitrogens with zero attached hydrogens (tertiary/aromatic N) is 3. The van der Waals surface area contributed by atoms with Crippen LogP contribution in [0.1, 0.15) is 33.1 Å². The highest BCUT2D eigenvalue weighted by molar-refractivity contribution is 5.76. The van der Waals surface area contributed by atoms with Gasteiger partial charge in [-0.2, -0.15) is 5.10 Å². The van der Waals surface area contributed by atoms with Crippen LogP contribution >= 0.6 is 0 Å². The summed E-state index contributed by atoms with van der Waals surface area (Å²) >= 11 is 0. The highest BCUT2D eigenvalue weighted by Gasteiger charge is 2.25. The van der Waals surface area contributed by atoms with Crippen LogP contribution in [0.2, 0.25) is 0 Å². The number of ether oxygens (including phenoxy) is 2. The van der Waals surface area contributed by atoms with Crippen molar-refractivity contribution in [3.05, 3.63) is 40.7 Å². The summed E-state index contributed by atoms with van der Waals surface area (Å²) in [7, 11) is 3.13. The van der Waals surface area contributed by atoms with Crippen molar-refractivity contribution in [3.63, 3.8) is 0 Å². The molecular formula is C23H31N3O4. The highest BCUT2D eigenvalue weighted by Crippen LogP contribution is 2.27. The minimum Gasteiger partial charge on any atom is -0.497 e. The van der Waals surface area contributed by atoms with Crippen LogP contribution < -0.4 is 15.0 Å². The predicted octanol–water partition coefficient (Wildman–Crippen LogP) is 3.21. The Hall–Kier alpha value is -2.83. The summed E-state index contributed by atoms with van der Waals surface area (Å²) in [4.78, 5) is 27.0. The smallest absolute Gasteiger partial charge is 0.270 e. The summed E-state index contributed by atoms with van der Waals surface area (Å²) in [5.41, 5.74) is 1.18. The third-order valence-corrected chi connectivity index (χ3v) is 5.53. The lowest BCUT2D eigenvalue weighted by atomic mass is 9.91. The molecule has 7 nitrogen and oxygen atoms in total. The molecule has 2 heterocycles. The quantitative estimate of drug-likeness (QED) is 0.697. The number of aryl methyl sites for hydroxylation is 1. The molecule has 0 spiro atoms. The SMILES string of the molecule is COc1ccc(-c2nn(CCCC(=O)N3C[C@@H](C)C[C@H](C)C3)c(=O)cc2OC)cc1. The molecular weight excluding hydrogens is 382 g/mol. The second kappa shape index (κ2) is 9.78. The van der Waals surface area contributed by atoms with E-state index in [0.717, 1.165) is 24.4 Å². The van der Waals surface area contributed by atoms with Crippen LogP contribution in [0.25, 0.3) is 11.3 Å². The summed E-state index contributed by atoms with van der Waals surface area (Å²) in [5, 5.41) is 4.52. The molecule has 1 aromatic heterocycles. The van der Waals surface area contributed by atoms with E-state index in [1.54, 1.807) is 7.11 Å². The van der Waals surface area contributed by atoms with E-state index in [4.69, 9.17) is 9.47 Å². The molecule has 2 atom stereocenters.